The predicted octanol–water partition coefficient (Wildman–Crippen LogP) is 2.37. The van der Waals surface area contributed by atoms with Crippen LogP contribution in [0.4, 0.5) is 11.4 Å². The van der Waals surface area contributed by atoms with Gasteiger partial charge in [-0.15, -0.1) is 0 Å². The van der Waals surface area contributed by atoms with Crippen LogP contribution in [0.15, 0.2) is 29.8 Å². The molecule has 0 aliphatic carbocycles. The molecule has 1 aliphatic heterocycles. The van der Waals surface area contributed by atoms with Crippen molar-refractivity contribution < 1.29 is 19.1 Å². The molecule has 1 heterocycles. The summed E-state index contributed by atoms with van der Waals surface area (Å²) in [5, 5.41) is 5.67. The summed E-state index contributed by atoms with van der Waals surface area (Å²) in [5.41, 5.74) is 1.46. The second kappa shape index (κ2) is 7.29. The fraction of sp³-hybridized carbons (Fsp3) is 0.333. The number of hydrogen-bond acceptors (Lipinski definition) is 5. The van der Waals surface area contributed by atoms with Gasteiger partial charge < -0.3 is 20.1 Å². The minimum atomic E-state index is -0.504. The number of halogens is 1. The Morgan fingerprint density at radius 3 is 2.73 bits per heavy atom. The number of nitrogens with one attached hydrogen (secondary N) is 2. The van der Waals surface area contributed by atoms with E-state index in [1.54, 1.807) is 18.2 Å². The van der Waals surface area contributed by atoms with E-state index in [1.807, 2.05) is 0 Å². The highest BCUT2D eigenvalue weighted by Crippen LogP contribution is 2.25. The van der Waals surface area contributed by atoms with Crippen molar-refractivity contribution in [2.75, 3.05) is 30.9 Å². The average molecular weight is 325 g/mol. The Hall–Kier alpha value is -2.05. The van der Waals surface area contributed by atoms with Crippen LogP contribution in [0.5, 0.6) is 0 Å². The molecule has 1 fully saturated rings. The van der Waals surface area contributed by atoms with Gasteiger partial charge in [0.25, 0.3) is 5.91 Å². The van der Waals surface area contributed by atoms with Crippen LogP contribution in [0.25, 0.3) is 0 Å². The molecule has 118 valence electrons. The van der Waals surface area contributed by atoms with Gasteiger partial charge in [-0.3, -0.25) is 4.79 Å². The van der Waals surface area contributed by atoms with Crippen molar-refractivity contribution in [3.05, 3.63) is 35.4 Å². The topological polar surface area (TPSA) is 76.7 Å². The maximum absolute atomic E-state index is 11.7. The largest absolute Gasteiger partial charge is 0.465 e. The van der Waals surface area contributed by atoms with E-state index in [0.29, 0.717) is 23.5 Å². The molecule has 0 aromatic heterocycles. The lowest BCUT2D eigenvalue weighted by molar-refractivity contribution is -0.112. The van der Waals surface area contributed by atoms with E-state index < -0.39 is 11.9 Å². The summed E-state index contributed by atoms with van der Waals surface area (Å²) in [4.78, 5) is 23.3. The first-order valence-electron chi connectivity index (χ1n) is 6.75. The van der Waals surface area contributed by atoms with Gasteiger partial charge >= 0.3 is 5.97 Å². The van der Waals surface area contributed by atoms with Crippen LogP contribution < -0.4 is 10.6 Å². The van der Waals surface area contributed by atoms with Crippen LogP contribution in [-0.4, -0.2) is 38.2 Å². The van der Waals surface area contributed by atoms with E-state index in [1.165, 1.54) is 7.11 Å². The summed E-state index contributed by atoms with van der Waals surface area (Å²) in [6, 6.07) is 4.77. The number of benzene rings is 1. The highest BCUT2D eigenvalue weighted by Gasteiger charge is 2.19. The summed E-state index contributed by atoms with van der Waals surface area (Å²) in [6.07, 6.45) is 1.11. The van der Waals surface area contributed by atoms with Gasteiger partial charge in [0.1, 0.15) is 0 Å². The summed E-state index contributed by atoms with van der Waals surface area (Å²) >= 11 is 5.57. The Morgan fingerprint density at radius 1 is 1.45 bits per heavy atom. The second-order valence-corrected chi connectivity index (χ2v) is 5.23. The van der Waals surface area contributed by atoms with Crippen molar-refractivity contribution in [2.24, 2.45) is 0 Å². The first-order chi connectivity index (χ1) is 10.5. The van der Waals surface area contributed by atoms with Gasteiger partial charge in [0.05, 0.1) is 35.2 Å². The van der Waals surface area contributed by atoms with Crippen molar-refractivity contribution in [3.8, 4) is 0 Å². The molecule has 22 heavy (non-hydrogen) atoms. The lowest BCUT2D eigenvalue weighted by Crippen LogP contribution is -2.33. The Labute approximate surface area is 133 Å². The second-order valence-electron chi connectivity index (χ2n) is 4.77. The zero-order valence-electron chi connectivity index (χ0n) is 12.1. The van der Waals surface area contributed by atoms with Crippen molar-refractivity contribution in [1.82, 2.24) is 0 Å². The van der Waals surface area contributed by atoms with Crippen LogP contribution >= 0.6 is 11.6 Å². The third-order valence-corrected chi connectivity index (χ3v) is 3.42. The van der Waals surface area contributed by atoms with Gasteiger partial charge in [-0.2, -0.15) is 0 Å². The molecule has 6 nitrogen and oxygen atoms in total. The highest BCUT2D eigenvalue weighted by molar-refractivity contribution is 6.43. The highest BCUT2D eigenvalue weighted by atomic mass is 35.5. The molecule has 1 saturated heterocycles. The number of ether oxygens (including phenoxy) is 2. The molecular weight excluding hydrogens is 308 g/mol. The zero-order valence-corrected chi connectivity index (χ0v) is 12.9. The Balaban J connectivity index is 2.19. The van der Waals surface area contributed by atoms with Gasteiger partial charge in [0.15, 0.2) is 0 Å². The standard InChI is InChI=1S/C15H17ClN2O4/c1-9(16)14(19)18-12-4-3-10(15(20)21-2)7-13(12)17-8-11-5-6-22-11/h3-4,7,11,17H,1,5-6,8H2,2H3,(H,18,19)/t11-/m0/s1. The van der Waals surface area contributed by atoms with Gasteiger partial charge in [0, 0.05) is 13.2 Å². The summed E-state index contributed by atoms with van der Waals surface area (Å²) in [5.74, 6) is -0.960. The summed E-state index contributed by atoms with van der Waals surface area (Å²) in [6.45, 7) is 4.71. The Bertz CT molecular complexity index is 599. The quantitative estimate of drug-likeness (QED) is 0.620. The molecule has 1 atom stereocenters. The molecule has 0 bridgehead atoms. The number of methoxy groups -OCH3 is 1. The summed E-state index contributed by atoms with van der Waals surface area (Å²) < 4.78 is 10.0. The van der Waals surface area contributed by atoms with Gasteiger partial charge in [0.2, 0.25) is 0 Å². The number of carbonyl (C=O) groups excluding carboxylic acids is 2. The number of esters is 1. The molecule has 0 spiro atoms. The van der Waals surface area contributed by atoms with Crippen molar-refractivity contribution in [1.29, 1.82) is 0 Å². The number of carbonyl (C=O) groups is 2. The maximum Gasteiger partial charge on any atom is 0.337 e. The van der Waals surface area contributed by atoms with Crippen LogP contribution in [0.1, 0.15) is 16.8 Å². The van der Waals surface area contributed by atoms with Crippen LogP contribution in [0.2, 0.25) is 0 Å². The third-order valence-electron chi connectivity index (χ3n) is 3.25. The first kappa shape index (κ1) is 16.3. The number of anilines is 2. The van der Waals surface area contributed by atoms with Crippen LogP contribution in [0, 0.1) is 0 Å². The number of hydrogen-bond donors (Lipinski definition) is 2. The van der Waals surface area contributed by atoms with E-state index in [4.69, 9.17) is 21.1 Å². The van der Waals surface area contributed by atoms with Gasteiger partial charge in [-0.1, -0.05) is 18.2 Å². The zero-order chi connectivity index (χ0) is 16.1. The van der Waals surface area contributed by atoms with Crippen LogP contribution in [-0.2, 0) is 14.3 Å². The van der Waals surface area contributed by atoms with Crippen LogP contribution in [0.3, 0.4) is 0 Å². The monoisotopic (exact) mass is 324 g/mol. The lowest BCUT2D eigenvalue weighted by Gasteiger charge is -2.27. The average Bonchev–Trinajstić information content (AvgIpc) is 2.46. The fourth-order valence-corrected chi connectivity index (χ4v) is 1.95. The summed E-state index contributed by atoms with van der Waals surface area (Å²) in [7, 11) is 1.31. The third kappa shape index (κ3) is 3.99. The number of amides is 1. The molecule has 0 unspecified atom stereocenters. The molecule has 1 aromatic carbocycles. The number of rotatable bonds is 6. The first-order valence-corrected chi connectivity index (χ1v) is 7.12. The lowest BCUT2D eigenvalue weighted by atomic mass is 10.1. The molecular formula is C15H17ClN2O4. The SMILES string of the molecule is C=C(Cl)C(=O)Nc1ccc(C(=O)OC)cc1NC[C@@H]1CCO1. The minimum absolute atomic E-state index is 0.120. The van der Waals surface area contributed by atoms with Gasteiger partial charge in [-0.05, 0) is 24.6 Å². The molecule has 2 rings (SSSR count). The maximum atomic E-state index is 11.7. The molecule has 0 saturated carbocycles. The van der Waals surface area contributed by atoms with Crippen molar-refractivity contribution in [2.45, 2.75) is 12.5 Å². The van der Waals surface area contributed by atoms with E-state index in [9.17, 15) is 9.59 Å². The molecule has 1 amide bonds. The molecule has 0 radical (unpaired) electrons. The van der Waals surface area contributed by atoms with Crippen molar-refractivity contribution >= 4 is 34.9 Å². The van der Waals surface area contributed by atoms with E-state index in [2.05, 4.69) is 17.2 Å². The molecule has 1 aromatic rings. The Kier molecular flexibility index (Phi) is 5.41. The minimum Gasteiger partial charge on any atom is -0.465 e. The van der Waals surface area contributed by atoms with E-state index >= 15 is 0 Å². The fourth-order valence-electron chi connectivity index (χ4n) is 1.90. The molecule has 2 N–H and O–H groups in total. The Morgan fingerprint density at radius 2 is 2.18 bits per heavy atom. The predicted molar refractivity (Wildman–Crippen MR) is 84.3 cm³/mol. The molecule has 7 heteroatoms. The smallest absolute Gasteiger partial charge is 0.337 e. The van der Waals surface area contributed by atoms with E-state index in [-0.39, 0.29) is 11.1 Å². The molecule has 1 aliphatic rings. The van der Waals surface area contributed by atoms with E-state index in [0.717, 1.165) is 13.0 Å². The normalized spacial score (nSPS) is 16.4. The van der Waals surface area contributed by atoms with Gasteiger partial charge in [-0.25, -0.2) is 4.79 Å². The van der Waals surface area contributed by atoms with Crippen molar-refractivity contribution in [3.63, 3.8) is 0 Å².